The van der Waals surface area contributed by atoms with Crippen LogP contribution in [0.2, 0.25) is 0 Å². The van der Waals surface area contributed by atoms with Crippen LogP contribution in [-0.2, 0) is 4.79 Å². The Morgan fingerprint density at radius 1 is 1.73 bits per heavy atom. The Kier molecular flexibility index (Phi) is 3.79. The van der Waals surface area contributed by atoms with Gasteiger partial charge in [-0.3, -0.25) is 4.79 Å². The third-order valence-corrected chi connectivity index (χ3v) is 1.61. The largest absolute Gasteiger partial charge is 0.349 e. The lowest BCUT2D eigenvalue weighted by Crippen LogP contribution is -2.41. The Morgan fingerprint density at radius 2 is 2.18 bits per heavy atom. The van der Waals surface area contributed by atoms with E-state index >= 15 is 0 Å². The molecule has 0 aliphatic carbocycles. The summed E-state index contributed by atoms with van der Waals surface area (Å²) in [5, 5.41) is 2.77. The molecule has 0 fully saturated rings. The topological polar surface area (TPSA) is 29.1 Å². The summed E-state index contributed by atoms with van der Waals surface area (Å²) in [4.78, 5) is 11.2. The van der Waals surface area contributed by atoms with E-state index in [0.29, 0.717) is 0 Å². The van der Waals surface area contributed by atoms with Gasteiger partial charge in [0.05, 0.1) is 4.32 Å². The van der Waals surface area contributed by atoms with Crippen molar-refractivity contribution in [3.8, 4) is 0 Å². The van der Waals surface area contributed by atoms with Gasteiger partial charge < -0.3 is 5.32 Å². The maximum atomic E-state index is 11.2. The molecule has 0 radical (unpaired) electrons. The molecule has 0 spiro atoms. The summed E-state index contributed by atoms with van der Waals surface area (Å²) < 4.78 is -0.496. The van der Waals surface area contributed by atoms with E-state index in [1.165, 1.54) is 0 Å². The maximum Gasteiger partial charge on any atom is 0.236 e. The fourth-order valence-electron chi connectivity index (χ4n) is 0.437. The highest BCUT2D eigenvalue weighted by molar-refractivity contribution is 9.10. The number of hydrogen-bond donors (Lipinski definition) is 1. The summed E-state index contributed by atoms with van der Waals surface area (Å²) in [6.45, 7) is 9.05. The Balaban J connectivity index is 3.98. The first-order valence-electron chi connectivity index (χ1n) is 3.50. The minimum Gasteiger partial charge on any atom is -0.349 e. The second-order valence-corrected chi connectivity index (χ2v) is 4.95. The van der Waals surface area contributed by atoms with Crippen LogP contribution in [0.25, 0.3) is 0 Å². The predicted octanol–water partition coefficient (Wildman–Crippen LogP) is 1.85. The summed E-state index contributed by atoms with van der Waals surface area (Å²) >= 11 is 3.26. The van der Waals surface area contributed by atoms with Gasteiger partial charge in [-0.25, -0.2) is 0 Å². The molecule has 1 amide bonds. The van der Waals surface area contributed by atoms with Gasteiger partial charge in [0.15, 0.2) is 0 Å². The standard InChI is InChI=1S/C8H14BrNO/c1-5-6(2)10-7(11)8(3,4)9/h5-6H,1H2,2-4H3,(H,10,11). The van der Waals surface area contributed by atoms with Crippen LogP contribution in [0.1, 0.15) is 20.8 Å². The second kappa shape index (κ2) is 3.90. The molecule has 0 aliphatic rings. The van der Waals surface area contributed by atoms with Crippen molar-refractivity contribution in [2.24, 2.45) is 0 Å². The summed E-state index contributed by atoms with van der Waals surface area (Å²) in [7, 11) is 0. The summed E-state index contributed by atoms with van der Waals surface area (Å²) in [5.41, 5.74) is 0. The van der Waals surface area contributed by atoms with Crippen LogP contribution in [0.4, 0.5) is 0 Å². The zero-order chi connectivity index (χ0) is 9.07. The Labute approximate surface area is 76.2 Å². The number of rotatable bonds is 3. The molecule has 64 valence electrons. The Morgan fingerprint density at radius 3 is 2.45 bits per heavy atom. The van der Waals surface area contributed by atoms with E-state index < -0.39 is 4.32 Å². The van der Waals surface area contributed by atoms with Crippen LogP contribution in [0.15, 0.2) is 12.7 Å². The molecule has 1 atom stereocenters. The van der Waals surface area contributed by atoms with Crippen molar-refractivity contribution in [1.29, 1.82) is 0 Å². The van der Waals surface area contributed by atoms with E-state index in [1.54, 1.807) is 19.9 Å². The van der Waals surface area contributed by atoms with Gasteiger partial charge in [0.25, 0.3) is 0 Å². The van der Waals surface area contributed by atoms with Crippen LogP contribution < -0.4 is 5.32 Å². The average Bonchev–Trinajstić information content (AvgIpc) is 1.85. The third kappa shape index (κ3) is 4.19. The van der Waals surface area contributed by atoms with Crippen molar-refractivity contribution in [3.05, 3.63) is 12.7 Å². The van der Waals surface area contributed by atoms with Crippen LogP contribution in [0.5, 0.6) is 0 Å². The number of halogens is 1. The van der Waals surface area contributed by atoms with Gasteiger partial charge >= 0.3 is 0 Å². The molecule has 1 unspecified atom stereocenters. The lowest BCUT2D eigenvalue weighted by molar-refractivity contribution is -0.122. The Bertz CT molecular complexity index is 160. The molecule has 0 saturated heterocycles. The molecular formula is C8H14BrNO. The van der Waals surface area contributed by atoms with Crippen molar-refractivity contribution in [2.75, 3.05) is 0 Å². The lowest BCUT2D eigenvalue weighted by Gasteiger charge is -2.18. The number of nitrogens with one attached hydrogen (secondary N) is 1. The van der Waals surface area contributed by atoms with Crippen molar-refractivity contribution >= 4 is 21.8 Å². The van der Waals surface area contributed by atoms with Crippen molar-refractivity contribution < 1.29 is 4.79 Å². The number of carbonyl (C=O) groups is 1. The number of amides is 1. The summed E-state index contributed by atoms with van der Waals surface area (Å²) in [6, 6.07) is 0.0272. The first-order chi connectivity index (χ1) is 4.88. The molecule has 0 aromatic rings. The van der Waals surface area contributed by atoms with E-state index in [0.717, 1.165) is 0 Å². The Hall–Kier alpha value is -0.310. The first-order valence-corrected chi connectivity index (χ1v) is 4.29. The highest BCUT2D eigenvalue weighted by Gasteiger charge is 2.23. The van der Waals surface area contributed by atoms with Gasteiger partial charge in [0.2, 0.25) is 5.91 Å². The second-order valence-electron chi connectivity index (χ2n) is 2.97. The normalized spacial score (nSPS) is 13.8. The van der Waals surface area contributed by atoms with Crippen LogP contribution in [-0.4, -0.2) is 16.3 Å². The highest BCUT2D eigenvalue weighted by Crippen LogP contribution is 2.15. The number of carbonyl (C=O) groups excluding carboxylic acids is 1. The molecular weight excluding hydrogens is 206 g/mol. The van der Waals surface area contributed by atoms with E-state index in [-0.39, 0.29) is 11.9 Å². The van der Waals surface area contributed by atoms with Gasteiger partial charge in [-0.1, -0.05) is 22.0 Å². The SMILES string of the molecule is C=CC(C)NC(=O)C(C)(C)Br. The van der Waals surface area contributed by atoms with Crippen LogP contribution >= 0.6 is 15.9 Å². The zero-order valence-corrected chi connectivity index (χ0v) is 8.73. The quantitative estimate of drug-likeness (QED) is 0.570. The molecule has 3 heteroatoms. The molecule has 1 N–H and O–H groups in total. The summed E-state index contributed by atoms with van der Waals surface area (Å²) in [6.07, 6.45) is 1.69. The minimum atomic E-state index is -0.496. The first kappa shape index (κ1) is 10.7. The highest BCUT2D eigenvalue weighted by atomic mass is 79.9. The van der Waals surface area contributed by atoms with E-state index in [1.807, 2.05) is 6.92 Å². The molecule has 0 aliphatic heterocycles. The third-order valence-electron chi connectivity index (χ3n) is 1.25. The van der Waals surface area contributed by atoms with Gasteiger partial charge in [-0.05, 0) is 20.8 Å². The molecule has 11 heavy (non-hydrogen) atoms. The van der Waals surface area contributed by atoms with Crippen LogP contribution in [0.3, 0.4) is 0 Å². The van der Waals surface area contributed by atoms with Gasteiger partial charge in [-0.15, -0.1) is 6.58 Å². The zero-order valence-electron chi connectivity index (χ0n) is 7.15. The van der Waals surface area contributed by atoms with Crippen molar-refractivity contribution in [2.45, 2.75) is 31.1 Å². The molecule has 0 heterocycles. The fraction of sp³-hybridized carbons (Fsp3) is 0.625. The van der Waals surface area contributed by atoms with Crippen molar-refractivity contribution in [1.82, 2.24) is 5.32 Å². The molecule has 2 nitrogen and oxygen atoms in total. The monoisotopic (exact) mass is 219 g/mol. The van der Waals surface area contributed by atoms with Crippen LogP contribution in [0, 0.1) is 0 Å². The lowest BCUT2D eigenvalue weighted by atomic mass is 10.2. The molecule has 0 aromatic carbocycles. The average molecular weight is 220 g/mol. The minimum absolute atomic E-state index is 0.0232. The van der Waals surface area contributed by atoms with Crippen molar-refractivity contribution in [3.63, 3.8) is 0 Å². The fourth-order valence-corrected chi connectivity index (χ4v) is 0.552. The van der Waals surface area contributed by atoms with E-state index in [4.69, 9.17) is 0 Å². The molecule has 0 aromatic heterocycles. The smallest absolute Gasteiger partial charge is 0.236 e. The summed E-state index contributed by atoms with van der Waals surface area (Å²) in [5.74, 6) is -0.0232. The molecule has 0 bridgehead atoms. The maximum absolute atomic E-state index is 11.2. The molecule has 0 rings (SSSR count). The predicted molar refractivity (Wildman–Crippen MR) is 50.8 cm³/mol. The number of hydrogen-bond acceptors (Lipinski definition) is 1. The van der Waals surface area contributed by atoms with Gasteiger partial charge in [-0.2, -0.15) is 0 Å². The number of alkyl halides is 1. The van der Waals surface area contributed by atoms with Gasteiger partial charge in [0.1, 0.15) is 0 Å². The molecule has 0 saturated carbocycles. The van der Waals surface area contributed by atoms with E-state index in [9.17, 15) is 4.79 Å². The van der Waals surface area contributed by atoms with Gasteiger partial charge in [0, 0.05) is 6.04 Å². The van der Waals surface area contributed by atoms with E-state index in [2.05, 4.69) is 27.8 Å².